The number of halogens is 2. The number of rotatable bonds is 2. The van der Waals surface area contributed by atoms with Crippen molar-refractivity contribution >= 4 is 5.91 Å². The second kappa shape index (κ2) is 4.08. The second-order valence-corrected chi connectivity index (χ2v) is 3.72. The zero-order chi connectivity index (χ0) is 11.7. The number of hydrogen-bond donors (Lipinski definition) is 1. The molecule has 1 heterocycles. The van der Waals surface area contributed by atoms with Gasteiger partial charge in [0.15, 0.2) is 11.6 Å². The Balaban J connectivity index is 2.42. The molecule has 1 aliphatic rings. The summed E-state index contributed by atoms with van der Waals surface area (Å²) in [5, 5.41) is 2.62. The highest BCUT2D eigenvalue weighted by molar-refractivity contribution is 5.79. The molecule has 1 amide bonds. The number of ether oxygens (including phenoxy) is 1. The molecule has 3 nitrogen and oxygen atoms in total. The van der Waals surface area contributed by atoms with Crippen LogP contribution in [0.3, 0.4) is 0 Å². The summed E-state index contributed by atoms with van der Waals surface area (Å²) < 4.78 is 31.4. The van der Waals surface area contributed by atoms with Gasteiger partial charge in [-0.25, -0.2) is 8.78 Å². The molecule has 1 aliphatic heterocycles. The zero-order valence-corrected chi connectivity index (χ0v) is 8.72. The standard InChI is InChI=1S/C11H11F2NO2/c1-16-11-8(3-7(12)4-9(11)13)6-2-10(15)14-5-6/h3-4,6H,2,5H2,1H3,(H,14,15). The summed E-state index contributed by atoms with van der Waals surface area (Å²) in [6, 6.07) is 1.99. The van der Waals surface area contributed by atoms with Crippen LogP contribution >= 0.6 is 0 Å². The molecule has 5 heteroatoms. The van der Waals surface area contributed by atoms with E-state index >= 15 is 0 Å². The third-order valence-electron chi connectivity index (χ3n) is 2.66. The maximum atomic E-state index is 13.4. The third-order valence-corrected chi connectivity index (χ3v) is 2.66. The first-order valence-electron chi connectivity index (χ1n) is 4.91. The summed E-state index contributed by atoms with van der Waals surface area (Å²) in [7, 11) is 1.32. The number of benzene rings is 1. The van der Waals surface area contributed by atoms with Gasteiger partial charge in [-0.3, -0.25) is 4.79 Å². The van der Waals surface area contributed by atoms with Gasteiger partial charge in [0, 0.05) is 30.5 Å². The Morgan fingerprint density at radius 2 is 2.19 bits per heavy atom. The maximum absolute atomic E-state index is 13.4. The van der Waals surface area contributed by atoms with Crippen LogP contribution in [0.2, 0.25) is 0 Å². The maximum Gasteiger partial charge on any atom is 0.220 e. The number of carbonyl (C=O) groups excluding carboxylic acids is 1. The monoisotopic (exact) mass is 227 g/mol. The Morgan fingerprint density at radius 1 is 1.44 bits per heavy atom. The summed E-state index contributed by atoms with van der Waals surface area (Å²) in [5.41, 5.74) is 0.401. The first-order valence-corrected chi connectivity index (χ1v) is 4.91. The van der Waals surface area contributed by atoms with Crippen LogP contribution in [0.5, 0.6) is 5.75 Å². The number of hydrogen-bond acceptors (Lipinski definition) is 2. The van der Waals surface area contributed by atoms with Gasteiger partial charge in [0.2, 0.25) is 5.91 Å². The fourth-order valence-corrected chi connectivity index (χ4v) is 1.92. The highest BCUT2D eigenvalue weighted by Gasteiger charge is 2.27. The Kier molecular flexibility index (Phi) is 2.77. The van der Waals surface area contributed by atoms with E-state index in [0.717, 1.165) is 6.07 Å². The fourth-order valence-electron chi connectivity index (χ4n) is 1.92. The van der Waals surface area contributed by atoms with Gasteiger partial charge in [-0.2, -0.15) is 0 Å². The summed E-state index contributed by atoms with van der Waals surface area (Å²) in [6.45, 7) is 0.387. The predicted molar refractivity (Wildman–Crippen MR) is 53.3 cm³/mol. The second-order valence-electron chi connectivity index (χ2n) is 3.72. The van der Waals surface area contributed by atoms with Gasteiger partial charge in [0.1, 0.15) is 5.82 Å². The van der Waals surface area contributed by atoms with Crippen LogP contribution in [0.1, 0.15) is 17.9 Å². The van der Waals surface area contributed by atoms with Crippen LogP contribution in [-0.2, 0) is 4.79 Å². The van der Waals surface area contributed by atoms with Crippen molar-refractivity contribution < 1.29 is 18.3 Å². The first kappa shape index (κ1) is 10.9. The minimum atomic E-state index is -0.739. The van der Waals surface area contributed by atoms with Crippen molar-refractivity contribution in [2.75, 3.05) is 13.7 Å². The molecule has 1 atom stereocenters. The lowest BCUT2D eigenvalue weighted by Crippen LogP contribution is -2.13. The van der Waals surface area contributed by atoms with E-state index in [-0.39, 0.29) is 24.0 Å². The highest BCUT2D eigenvalue weighted by atomic mass is 19.1. The van der Waals surface area contributed by atoms with E-state index in [9.17, 15) is 13.6 Å². The van der Waals surface area contributed by atoms with Crippen molar-refractivity contribution in [3.05, 3.63) is 29.3 Å². The van der Waals surface area contributed by atoms with Crippen LogP contribution in [0.15, 0.2) is 12.1 Å². The first-order chi connectivity index (χ1) is 7.61. The lowest BCUT2D eigenvalue weighted by molar-refractivity contribution is -0.119. The lowest BCUT2D eigenvalue weighted by Gasteiger charge is -2.13. The molecule has 2 rings (SSSR count). The minimum Gasteiger partial charge on any atom is -0.493 e. The molecule has 0 bridgehead atoms. The Labute approximate surface area is 91.4 Å². The van der Waals surface area contributed by atoms with E-state index in [0.29, 0.717) is 12.1 Å². The molecule has 1 N–H and O–H groups in total. The molecule has 0 aromatic heterocycles. The van der Waals surface area contributed by atoms with Gasteiger partial charge in [-0.15, -0.1) is 0 Å². The van der Waals surface area contributed by atoms with Crippen LogP contribution in [-0.4, -0.2) is 19.6 Å². The number of carbonyl (C=O) groups is 1. The van der Waals surface area contributed by atoms with Crippen molar-refractivity contribution in [3.63, 3.8) is 0 Å². The summed E-state index contributed by atoms with van der Waals surface area (Å²) in [6.07, 6.45) is 0.235. The minimum absolute atomic E-state index is 0.0166. The highest BCUT2D eigenvalue weighted by Crippen LogP contribution is 2.33. The largest absolute Gasteiger partial charge is 0.493 e. The Bertz CT molecular complexity index is 434. The Hall–Kier alpha value is -1.65. The van der Waals surface area contributed by atoms with Gasteiger partial charge < -0.3 is 10.1 Å². The molecule has 86 valence electrons. The molecular formula is C11H11F2NO2. The van der Waals surface area contributed by atoms with E-state index in [4.69, 9.17) is 4.74 Å². The summed E-state index contributed by atoms with van der Waals surface area (Å²) in [4.78, 5) is 11.1. The van der Waals surface area contributed by atoms with E-state index in [1.54, 1.807) is 0 Å². The smallest absolute Gasteiger partial charge is 0.220 e. The van der Waals surface area contributed by atoms with Gasteiger partial charge >= 0.3 is 0 Å². The van der Waals surface area contributed by atoms with Crippen molar-refractivity contribution in [1.29, 1.82) is 0 Å². The number of methoxy groups -OCH3 is 1. The van der Waals surface area contributed by atoms with Crippen molar-refractivity contribution in [2.24, 2.45) is 0 Å². The van der Waals surface area contributed by atoms with Gasteiger partial charge in [-0.05, 0) is 6.07 Å². The van der Waals surface area contributed by atoms with Crippen LogP contribution in [0.4, 0.5) is 8.78 Å². The molecule has 16 heavy (non-hydrogen) atoms. The van der Waals surface area contributed by atoms with Crippen molar-refractivity contribution in [1.82, 2.24) is 5.32 Å². The molecule has 1 saturated heterocycles. The van der Waals surface area contributed by atoms with E-state index in [1.807, 2.05) is 0 Å². The molecule has 1 fully saturated rings. The molecule has 1 unspecified atom stereocenters. The molecular weight excluding hydrogens is 216 g/mol. The Morgan fingerprint density at radius 3 is 2.75 bits per heavy atom. The topological polar surface area (TPSA) is 38.3 Å². The lowest BCUT2D eigenvalue weighted by atomic mass is 9.97. The van der Waals surface area contributed by atoms with Crippen LogP contribution in [0.25, 0.3) is 0 Å². The average Bonchev–Trinajstić information content (AvgIpc) is 2.63. The average molecular weight is 227 g/mol. The van der Waals surface area contributed by atoms with Gasteiger partial charge in [-0.1, -0.05) is 0 Å². The van der Waals surface area contributed by atoms with E-state index in [1.165, 1.54) is 13.2 Å². The van der Waals surface area contributed by atoms with Crippen molar-refractivity contribution in [2.45, 2.75) is 12.3 Å². The number of nitrogens with one attached hydrogen (secondary N) is 1. The van der Waals surface area contributed by atoms with Crippen LogP contribution in [0, 0.1) is 11.6 Å². The number of amides is 1. The molecule has 1 aromatic rings. The van der Waals surface area contributed by atoms with Crippen molar-refractivity contribution in [3.8, 4) is 5.75 Å². The SMILES string of the molecule is COc1c(F)cc(F)cc1C1CNC(=O)C1. The molecule has 0 aliphatic carbocycles. The fraction of sp³-hybridized carbons (Fsp3) is 0.364. The quantitative estimate of drug-likeness (QED) is 0.833. The molecule has 0 radical (unpaired) electrons. The third kappa shape index (κ3) is 1.85. The zero-order valence-electron chi connectivity index (χ0n) is 8.72. The van der Waals surface area contributed by atoms with Crippen LogP contribution < -0.4 is 10.1 Å². The molecule has 1 aromatic carbocycles. The molecule has 0 spiro atoms. The van der Waals surface area contributed by atoms with Gasteiger partial charge in [0.05, 0.1) is 7.11 Å². The van der Waals surface area contributed by atoms with E-state index < -0.39 is 11.6 Å². The normalized spacial score (nSPS) is 19.7. The summed E-state index contributed by atoms with van der Waals surface area (Å²) >= 11 is 0. The summed E-state index contributed by atoms with van der Waals surface area (Å²) in [5.74, 6) is -1.73. The van der Waals surface area contributed by atoms with Gasteiger partial charge in [0.25, 0.3) is 0 Å². The predicted octanol–water partition coefficient (Wildman–Crippen LogP) is 1.58. The van der Waals surface area contributed by atoms with E-state index in [2.05, 4.69) is 5.32 Å². The molecule has 0 saturated carbocycles.